The van der Waals surface area contributed by atoms with Crippen LogP contribution in [0.5, 0.6) is 0 Å². The van der Waals surface area contributed by atoms with Gasteiger partial charge in [-0.25, -0.2) is 14.2 Å². The first-order chi connectivity index (χ1) is 13.0. The fourth-order valence-corrected chi connectivity index (χ4v) is 4.49. The lowest BCUT2D eigenvalue weighted by Crippen LogP contribution is -2.05. The van der Waals surface area contributed by atoms with E-state index in [2.05, 4.69) is 11.1 Å². The predicted octanol–water partition coefficient (Wildman–Crippen LogP) is 4.00. The molecule has 0 fully saturated rings. The van der Waals surface area contributed by atoms with Crippen LogP contribution in [0.3, 0.4) is 0 Å². The molecule has 0 spiro atoms. The lowest BCUT2D eigenvalue weighted by molar-refractivity contribution is 0.0531. The van der Waals surface area contributed by atoms with Gasteiger partial charge >= 0.3 is 5.97 Å². The van der Waals surface area contributed by atoms with Gasteiger partial charge in [-0.15, -0.1) is 11.3 Å². The zero-order valence-electron chi connectivity index (χ0n) is 14.3. The average Bonchev–Trinajstić information content (AvgIpc) is 3.24. The van der Waals surface area contributed by atoms with E-state index in [0.29, 0.717) is 27.0 Å². The molecule has 0 aliphatic heterocycles. The number of ether oxygens (including phenoxy) is 1. The number of carbonyl (C=O) groups is 1. The molecule has 0 atom stereocenters. The number of hydrogen-bond acceptors (Lipinski definition) is 7. The highest BCUT2D eigenvalue weighted by atomic mass is 32.2. The molecule has 9 heteroatoms. The van der Waals surface area contributed by atoms with Crippen LogP contribution >= 0.6 is 23.1 Å². The van der Waals surface area contributed by atoms with Crippen LogP contribution in [0.15, 0.2) is 41.8 Å². The van der Waals surface area contributed by atoms with Gasteiger partial charge in [0.1, 0.15) is 21.8 Å². The SMILES string of the molecule is CCOC(=O)c1sc(N)c(C#N)c1CSc1nccn1-c1cccc(F)c1. The second kappa shape index (κ2) is 8.24. The Hall–Kier alpha value is -2.83. The molecule has 1 aromatic carbocycles. The summed E-state index contributed by atoms with van der Waals surface area (Å²) in [5.74, 6) is -0.546. The van der Waals surface area contributed by atoms with Gasteiger partial charge in [0.05, 0.1) is 17.9 Å². The van der Waals surface area contributed by atoms with Gasteiger partial charge in [-0.05, 0) is 25.1 Å². The number of nitrogens with zero attached hydrogens (tertiary/aromatic N) is 3. The first kappa shape index (κ1) is 18.9. The number of hydrogen-bond donors (Lipinski definition) is 1. The summed E-state index contributed by atoms with van der Waals surface area (Å²) in [6.07, 6.45) is 3.32. The summed E-state index contributed by atoms with van der Waals surface area (Å²) in [6, 6.07) is 8.20. The lowest BCUT2D eigenvalue weighted by atomic mass is 10.2. The predicted molar refractivity (Wildman–Crippen MR) is 102 cm³/mol. The molecule has 2 heterocycles. The van der Waals surface area contributed by atoms with Gasteiger partial charge in [0.25, 0.3) is 0 Å². The topological polar surface area (TPSA) is 93.9 Å². The number of nitrogens with two attached hydrogens (primary N) is 1. The van der Waals surface area contributed by atoms with Crippen molar-refractivity contribution in [3.8, 4) is 11.8 Å². The molecule has 0 unspecified atom stereocenters. The minimum Gasteiger partial charge on any atom is -0.462 e. The van der Waals surface area contributed by atoms with Gasteiger partial charge < -0.3 is 10.5 Å². The number of aromatic nitrogens is 2. The quantitative estimate of drug-likeness (QED) is 0.495. The molecule has 6 nitrogen and oxygen atoms in total. The molecule has 3 rings (SSSR count). The van der Waals surface area contributed by atoms with Gasteiger partial charge in [0.15, 0.2) is 5.16 Å². The Morgan fingerprint density at radius 3 is 3.04 bits per heavy atom. The molecular formula is C18H15FN4O2S2. The smallest absolute Gasteiger partial charge is 0.348 e. The molecule has 0 amide bonds. The Kier molecular flexibility index (Phi) is 5.78. The van der Waals surface area contributed by atoms with E-state index >= 15 is 0 Å². The Balaban J connectivity index is 1.89. The van der Waals surface area contributed by atoms with E-state index in [1.54, 1.807) is 36.0 Å². The number of benzene rings is 1. The molecule has 27 heavy (non-hydrogen) atoms. The fourth-order valence-electron chi connectivity index (χ4n) is 2.46. The summed E-state index contributed by atoms with van der Waals surface area (Å²) in [5, 5.41) is 10.3. The van der Waals surface area contributed by atoms with Crippen molar-refractivity contribution in [2.24, 2.45) is 0 Å². The third kappa shape index (κ3) is 3.97. The first-order valence-corrected chi connectivity index (χ1v) is 9.75. The van der Waals surface area contributed by atoms with Crippen molar-refractivity contribution < 1.29 is 13.9 Å². The van der Waals surface area contributed by atoms with Crippen molar-refractivity contribution in [2.45, 2.75) is 17.8 Å². The first-order valence-electron chi connectivity index (χ1n) is 7.95. The van der Waals surface area contributed by atoms with Gasteiger partial charge in [0, 0.05) is 23.7 Å². The monoisotopic (exact) mass is 402 g/mol. The van der Waals surface area contributed by atoms with Crippen molar-refractivity contribution in [1.29, 1.82) is 5.26 Å². The Morgan fingerprint density at radius 2 is 2.33 bits per heavy atom. The molecule has 0 aliphatic carbocycles. The van der Waals surface area contributed by atoms with Crippen molar-refractivity contribution in [3.05, 3.63) is 58.5 Å². The third-order valence-corrected chi connectivity index (χ3v) is 5.68. The van der Waals surface area contributed by atoms with Gasteiger partial charge in [-0.2, -0.15) is 5.26 Å². The second-order valence-electron chi connectivity index (χ2n) is 5.33. The molecule has 138 valence electrons. The summed E-state index contributed by atoms with van der Waals surface area (Å²) in [6.45, 7) is 1.94. The number of anilines is 1. The van der Waals surface area contributed by atoms with E-state index in [-0.39, 0.29) is 23.0 Å². The summed E-state index contributed by atoms with van der Waals surface area (Å²) in [7, 11) is 0. The van der Waals surface area contributed by atoms with E-state index in [1.807, 2.05) is 0 Å². The highest BCUT2D eigenvalue weighted by Crippen LogP contribution is 2.35. The van der Waals surface area contributed by atoms with E-state index in [4.69, 9.17) is 10.5 Å². The summed E-state index contributed by atoms with van der Waals surface area (Å²) < 4.78 is 20.3. The van der Waals surface area contributed by atoms with Crippen LogP contribution in [-0.4, -0.2) is 22.1 Å². The molecule has 2 aromatic heterocycles. The second-order valence-corrected chi connectivity index (χ2v) is 7.32. The van der Waals surface area contributed by atoms with Gasteiger partial charge in [-0.3, -0.25) is 4.57 Å². The largest absolute Gasteiger partial charge is 0.462 e. The average molecular weight is 402 g/mol. The normalized spacial score (nSPS) is 10.6. The number of nitrogen functional groups attached to an aromatic ring is 1. The van der Waals surface area contributed by atoms with Crippen LogP contribution in [0, 0.1) is 17.1 Å². The summed E-state index contributed by atoms with van der Waals surface area (Å²) in [5.41, 5.74) is 7.32. The van der Waals surface area contributed by atoms with Crippen molar-refractivity contribution in [1.82, 2.24) is 9.55 Å². The van der Waals surface area contributed by atoms with E-state index < -0.39 is 5.97 Å². The highest BCUT2D eigenvalue weighted by Gasteiger charge is 2.23. The maximum atomic E-state index is 13.5. The van der Waals surface area contributed by atoms with Crippen LogP contribution < -0.4 is 5.73 Å². The van der Waals surface area contributed by atoms with Crippen LogP contribution in [0.25, 0.3) is 5.69 Å². The van der Waals surface area contributed by atoms with Crippen LogP contribution in [0.4, 0.5) is 9.39 Å². The maximum absolute atomic E-state index is 13.5. The molecule has 0 radical (unpaired) electrons. The van der Waals surface area contributed by atoms with Crippen molar-refractivity contribution >= 4 is 34.1 Å². The van der Waals surface area contributed by atoms with E-state index in [1.165, 1.54) is 23.9 Å². The number of carbonyl (C=O) groups excluding carboxylic acids is 1. The molecule has 0 aliphatic rings. The van der Waals surface area contributed by atoms with Gasteiger partial charge in [0.2, 0.25) is 0 Å². The van der Waals surface area contributed by atoms with Crippen molar-refractivity contribution in [2.75, 3.05) is 12.3 Å². The minimum absolute atomic E-state index is 0.231. The number of rotatable bonds is 6. The molecular weight excluding hydrogens is 387 g/mol. The standard InChI is InChI=1S/C18H15FN4O2S2/c1-2-25-17(24)15-14(13(9-20)16(21)27-15)10-26-18-22-6-7-23(18)12-5-3-4-11(19)8-12/h3-8H,2,10,21H2,1H3. The number of nitriles is 1. The maximum Gasteiger partial charge on any atom is 0.348 e. The summed E-state index contributed by atoms with van der Waals surface area (Å²) >= 11 is 2.37. The van der Waals surface area contributed by atoms with Crippen molar-refractivity contribution in [3.63, 3.8) is 0 Å². The van der Waals surface area contributed by atoms with Gasteiger partial charge in [-0.1, -0.05) is 17.8 Å². The Morgan fingerprint density at radius 1 is 1.52 bits per heavy atom. The third-order valence-electron chi connectivity index (χ3n) is 3.65. The molecule has 3 aromatic rings. The Bertz CT molecular complexity index is 1020. The number of thiophene rings is 1. The van der Waals surface area contributed by atoms with E-state index in [0.717, 1.165) is 11.3 Å². The molecule has 0 saturated carbocycles. The van der Waals surface area contributed by atoms with Crippen LogP contribution in [0.1, 0.15) is 27.7 Å². The number of imidazole rings is 1. The number of esters is 1. The van der Waals surface area contributed by atoms with Crippen LogP contribution in [-0.2, 0) is 10.5 Å². The zero-order valence-corrected chi connectivity index (χ0v) is 15.9. The summed E-state index contributed by atoms with van der Waals surface area (Å²) in [4.78, 5) is 16.8. The highest BCUT2D eigenvalue weighted by molar-refractivity contribution is 7.98. The lowest BCUT2D eigenvalue weighted by Gasteiger charge is -2.08. The zero-order chi connectivity index (χ0) is 19.4. The van der Waals surface area contributed by atoms with E-state index in [9.17, 15) is 14.4 Å². The molecule has 2 N–H and O–H groups in total. The fraction of sp³-hybridized carbons (Fsp3) is 0.167. The molecule has 0 saturated heterocycles. The molecule has 0 bridgehead atoms. The minimum atomic E-state index is -0.500. The number of thioether (sulfide) groups is 1. The number of halogens is 1. The Labute approximate surface area is 163 Å². The van der Waals surface area contributed by atoms with Crippen LogP contribution in [0.2, 0.25) is 0 Å².